The first kappa shape index (κ1) is 16.6. The normalized spacial score (nSPS) is 12.0. The summed E-state index contributed by atoms with van der Waals surface area (Å²) < 4.78 is 5.15. The van der Waals surface area contributed by atoms with Gasteiger partial charge in [-0.2, -0.15) is 5.26 Å². The van der Waals surface area contributed by atoms with Crippen molar-refractivity contribution in [3.8, 4) is 11.8 Å². The van der Waals surface area contributed by atoms with Crippen LogP contribution in [0.5, 0.6) is 5.75 Å². The number of carbonyl (C=O) groups is 2. The van der Waals surface area contributed by atoms with E-state index in [4.69, 9.17) is 4.74 Å². The lowest BCUT2D eigenvalue weighted by atomic mass is 9.83. The average molecular weight is 354 g/mol. The molecular weight excluding hydrogens is 340 g/mol. The van der Waals surface area contributed by atoms with Crippen molar-refractivity contribution in [3.05, 3.63) is 88.5 Å². The van der Waals surface area contributed by atoms with Gasteiger partial charge in [0.25, 0.3) is 0 Å². The maximum atomic E-state index is 13.0. The van der Waals surface area contributed by atoms with Crippen LogP contribution in [-0.2, 0) is 0 Å². The van der Waals surface area contributed by atoms with Gasteiger partial charge in [-0.1, -0.05) is 36.4 Å². The maximum Gasteiger partial charge on any atom is 0.196 e. The van der Waals surface area contributed by atoms with E-state index in [1.165, 1.54) is 7.11 Å². The number of nitriles is 1. The summed E-state index contributed by atoms with van der Waals surface area (Å²) in [6.07, 6.45) is 0. The predicted octanol–water partition coefficient (Wildman–Crippen LogP) is 4.09. The highest BCUT2D eigenvalue weighted by Crippen LogP contribution is 2.34. The summed E-state index contributed by atoms with van der Waals surface area (Å²) in [5.74, 6) is 0.104. The number of ether oxygens (including phenoxy) is 1. The number of nitrogens with one attached hydrogen (secondary N) is 1. The van der Waals surface area contributed by atoms with Crippen LogP contribution in [-0.4, -0.2) is 18.7 Å². The Morgan fingerprint density at radius 2 is 1.59 bits per heavy atom. The fraction of sp³-hybridized carbons (Fsp3) is 0.0455. The van der Waals surface area contributed by atoms with Crippen LogP contribution >= 0.6 is 0 Å². The van der Waals surface area contributed by atoms with Gasteiger partial charge in [0, 0.05) is 22.4 Å². The smallest absolute Gasteiger partial charge is 0.196 e. The van der Waals surface area contributed by atoms with Gasteiger partial charge < -0.3 is 10.1 Å². The van der Waals surface area contributed by atoms with Crippen LogP contribution in [0.4, 0.5) is 11.4 Å². The fourth-order valence-corrected chi connectivity index (χ4v) is 3.28. The first-order valence-electron chi connectivity index (χ1n) is 8.30. The first-order valence-corrected chi connectivity index (χ1v) is 8.30. The Bertz CT molecular complexity index is 1140. The highest BCUT2D eigenvalue weighted by molar-refractivity contribution is 6.30. The van der Waals surface area contributed by atoms with Crippen molar-refractivity contribution in [1.29, 1.82) is 5.26 Å². The van der Waals surface area contributed by atoms with Crippen LogP contribution < -0.4 is 10.1 Å². The van der Waals surface area contributed by atoms with Gasteiger partial charge in [0.2, 0.25) is 0 Å². The zero-order valence-corrected chi connectivity index (χ0v) is 14.4. The lowest BCUT2D eigenvalue weighted by Crippen LogP contribution is -2.22. The van der Waals surface area contributed by atoms with Gasteiger partial charge in [-0.15, -0.1) is 0 Å². The van der Waals surface area contributed by atoms with Crippen molar-refractivity contribution in [2.45, 2.75) is 0 Å². The molecule has 5 nitrogen and oxygen atoms in total. The molecular formula is C22H14N2O3. The Morgan fingerprint density at radius 1 is 0.889 bits per heavy atom. The van der Waals surface area contributed by atoms with E-state index in [2.05, 4.69) is 11.4 Å². The largest absolute Gasteiger partial charge is 0.495 e. The van der Waals surface area contributed by atoms with E-state index in [1.54, 1.807) is 60.7 Å². The van der Waals surface area contributed by atoms with Crippen molar-refractivity contribution in [3.63, 3.8) is 0 Å². The number of ketones is 2. The molecule has 5 heteroatoms. The minimum absolute atomic E-state index is 0.170. The van der Waals surface area contributed by atoms with E-state index in [1.807, 2.05) is 0 Å². The number of hydrogen-bond acceptors (Lipinski definition) is 5. The third kappa shape index (κ3) is 2.64. The number of fused-ring (bicyclic) bond motifs is 2. The number of nitrogens with zero attached hydrogens (tertiary/aromatic N) is 1. The topological polar surface area (TPSA) is 79.2 Å². The molecule has 0 spiro atoms. The number of rotatable bonds is 3. The summed E-state index contributed by atoms with van der Waals surface area (Å²) in [5.41, 5.74) is 3.06. The van der Waals surface area contributed by atoms with E-state index in [0.29, 0.717) is 44.9 Å². The Kier molecular flexibility index (Phi) is 3.94. The molecule has 0 atom stereocenters. The van der Waals surface area contributed by atoms with Gasteiger partial charge in [0.05, 0.1) is 23.9 Å². The molecule has 3 aromatic carbocycles. The van der Waals surface area contributed by atoms with Gasteiger partial charge in [-0.25, -0.2) is 0 Å². The van der Waals surface area contributed by atoms with E-state index in [9.17, 15) is 14.9 Å². The fourth-order valence-electron chi connectivity index (χ4n) is 3.28. The Morgan fingerprint density at radius 3 is 2.30 bits per heavy atom. The summed E-state index contributed by atoms with van der Waals surface area (Å²) in [4.78, 5) is 25.8. The zero-order valence-electron chi connectivity index (χ0n) is 14.4. The summed E-state index contributed by atoms with van der Waals surface area (Å²) >= 11 is 0. The average Bonchev–Trinajstić information content (AvgIpc) is 2.71. The first-order chi connectivity index (χ1) is 13.1. The molecule has 4 rings (SSSR count). The van der Waals surface area contributed by atoms with E-state index < -0.39 is 0 Å². The van der Waals surface area contributed by atoms with Crippen LogP contribution in [0.1, 0.15) is 37.4 Å². The molecule has 0 radical (unpaired) electrons. The van der Waals surface area contributed by atoms with Crippen LogP contribution in [0.3, 0.4) is 0 Å². The Labute approximate surface area is 155 Å². The van der Waals surface area contributed by atoms with E-state index in [0.717, 1.165) is 0 Å². The van der Waals surface area contributed by atoms with Gasteiger partial charge >= 0.3 is 0 Å². The van der Waals surface area contributed by atoms with Crippen molar-refractivity contribution in [2.75, 3.05) is 12.4 Å². The highest BCUT2D eigenvalue weighted by Gasteiger charge is 2.31. The van der Waals surface area contributed by atoms with E-state index in [-0.39, 0.29) is 11.6 Å². The number of carbonyl (C=O) groups excluding carboxylic acids is 2. The summed E-state index contributed by atoms with van der Waals surface area (Å²) in [6, 6.07) is 19.1. The molecule has 0 fully saturated rings. The van der Waals surface area contributed by atoms with Crippen LogP contribution in [0.2, 0.25) is 0 Å². The third-order valence-electron chi connectivity index (χ3n) is 4.55. The number of hydrogen-bond donors (Lipinski definition) is 1. The summed E-state index contributed by atoms with van der Waals surface area (Å²) in [6.45, 7) is 0. The second kappa shape index (κ2) is 6.43. The molecule has 1 aliphatic rings. The second-order valence-corrected chi connectivity index (χ2v) is 6.08. The molecule has 3 aromatic rings. The van der Waals surface area contributed by atoms with Gasteiger partial charge in [-0.05, 0) is 24.3 Å². The molecule has 0 aromatic heterocycles. The Balaban J connectivity index is 1.80. The molecule has 1 N–H and O–H groups in total. The van der Waals surface area contributed by atoms with Crippen molar-refractivity contribution >= 4 is 22.9 Å². The molecule has 0 unspecified atom stereocenters. The summed E-state index contributed by atoms with van der Waals surface area (Å²) in [5, 5.41) is 12.4. The predicted molar refractivity (Wildman–Crippen MR) is 101 cm³/mol. The summed E-state index contributed by atoms with van der Waals surface area (Å²) in [7, 11) is 1.50. The Hall–Kier alpha value is -3.91. The lowest BCUT2D eigenvalue weighted by molar-refractivity contribution is 0.0979. The third-order valence-corrected chi connectivity index (χ3v) is 4.55. The molecule has 0 saturated carbocycles. The molecule has 27 heavy (non-hydrogen) atoms. The van der Waals surface area contributed by atoms with Crippen LogP contribution in [0, 0.1) is 11.3 Å². The zero-order chi connectivity index (χ0) is 19.0. The molecule has 130 valence electrons. The molecule has 0 heterocycles. The lowest BCUT2D eigenvalue weighted by Gasteiger charge is -2.20. The monoisotopic (exact) mass is 354 g/mol. The minimum atomic E-state index is -0.197. The van der Waals surface area contributed by atoms with Crippen molar-refractivity contribution in [2.24, 2.45) is 0 Å². The molecule has 0 aliphatic heterocycles. The molecule has 0 amide bonds. The SMILES string of the molecule is COc1ccc(Nc2cccc3c2C(=O)c2ccccc2C3=O)cc1C#N. The second-order valence-electron chi connectivity index (χ2n) is 6.08. The molecule has 0 bridgehead atoms. The maximum absolute atomic E-state index is 13.0. The van der Waals surface area contributed by atoms with E-state index >= 15 is 0 Å². The highest BCUT2D eigenvalue weighted by atomic mass is 16.5. The molecule has 0 saturated heterocycles. The van der Waals surface area contributed by atoms with Gasteiger partial charge in [-0.3, -0.25) is 9.59 Å². The quantitative estimate of drug-likeness (QED) is 0.599. The van der Waals surface area contributed by atoms with Gasteiger partial charge in [0.1, 0.15) is 11.8 Å². The van der Waals surface area contributed by atoms with Crippen molar-refractivity contribution < 1.29 is 14.3 Å². The minimum Gasteiger partial charge on any atom is -0.495 e. The number of methoxy groups -OCH3 is 1. The standard InChI is InChI=1S/C22H14N2O3/c1-27-19-10-9-14(11-13(19)12-23)24-18-8-4-7-17-20(18)22(26)16-6-3-2-5-15(16)21(17)25/h2-11,24H,1H3. The van der Waals surface area contributed by atoms with Crippen LogP contribution in [0.25, 0.3) is 0 Å². The number of anilines is 2. The van der Waals surface area contributed by atoms with Gasteiger partial charge in [0.15, 0.2) is 11.6 Å². The number of benzene rings is 3. The van der Waals surface area contributed by atoms with Crippen LogP contribution in [0.15, 0.2) is 60.7 Å². The molecule has 1 aliphatic carbocycles. The van der Waals surface area contributed by atoms with Crippen molar-refractivity contribution in [1.82, 2.24) is 0 Å².